The Morgan fingerprint density at radius 1 is 1.07 bits per heavy atom. The van der Waals surface area contributed by atoms with Crippen molar-refractivity contribution in [3.05, 3.63) is 6.92 Å². The fraction of sp³-hybridized carbons (Fsp3) is 0.556. The Hall–Kier alpha value is -1.59. The largest absolute Gasteiger partial charge is 0.466 e. The van der Waals surface area contributed by atoms with Crippen LogP contribution in [0.25, 0.3) is 0 Å². The maximum absolute atomic E-state index is 11.1. The fourth-order valence-electron chi connectivity index (χ4n) is 0.846. The van der Waals surface area contributed by atoms with E-state index in [-0.39, 0.29) is 0 Å². The lowest BCUT2D eigenvalue weighted by Gasteiger charge is -2.20. The second-order valence-electron chi connectivity index (χ2n) is 2.70. The molecule has 0 saturated carbocycles. The molecule has 0 rings (SSSR count). The molecular weight excluding hydrogens is 204 g/mol. The van der Waals surface area contributed by atoms with Gasteiger partial charge in [0.15, 0.2) is 0 Å². The fourth-order valence-corrected chi connectivity index (χ4v) is 0.846. The summed E-state index contributed by atoms with van der Waals surface area (Å²) in [6.45, 7) is 5.65. The quantitative estimate of drug-likeness (QED) is 0.481. The van der Waals surface area contributed by atoms with E-state index < -0.39 is 30.1 Å². The average Bonchev–Trinajstić information content (AvgIpc) is 2.11. The van der Waals surface area contributed by atoms with Crippen LogP contribution in [0.3, 0.4) is 0 Å². The normalized spacial score (nSPS) is 13.6. The Morgan fingerprint density at radius 3 is 1.87 bits per heavy atom. The smallest absolute Gasteiger partial charge is 0.351 e. The molecule has 0 heterocycles. The average molecular weight is 217 g/mol. The van der Waals surface area contributed by atoms with Gasteiger partial charge in [-0.1, -0.05) is 0 Å². The maximum atomic E-state index is 11.1. The number of hydrogen-bond donors (Lipinski definition) is 0. The van der Waals surface area contributed by atoms with Crippen LogP contribution in [0.5, 0.6) is 0 Å². The molecule has 0 aromatic carbocycles. The molecule has 0 N–H and O–H groups in total. The maximum Gasteiger partial charge on any atom is 0.351 e. The molecule has 0 fully saturated rings. The standard InChI is InChI=1S/C9H13O6/c1-5(14-6(2)10)8(9(12)13-4)15-7(3)11/h5,8H,1H2,2-4H3. The zero-order valence-corrected chi connectivity index (χ0v) is 8.81. The molecule has 0 aliphatic carbocycles. The van der Waals surface area contributed by atoms with Crippen LogP contribution in [0.1, 0.15) is 13.8 Å². The highest BCUT2D eigenvalue weighted by atomic mass is 16.6. The van der Waals surface area contributed by atoms with Crippen LogP contribution in [-0.2, 0) is 28.6 Å². The number of carbonyl (C=O) groups excluding carboxylic acids is 3. The molecule has 0 spiro atoms. The molecule has 6 nitrogen and oxygen atoms in total. The molecular formula is C9H13O6. The summed E-state index contributed by atoms with van der Waals surface area (Å²) in [6.07, 6.45) is -2.46. The Balaban J connectivity index is 4.53. The molecule has 2 unspecified atom stereocenters. The minimum Gasteiger partial charge on any atom is -0.466 e. The van der Waals surface area contributed by atoms with Gasteiger partial charge in [0, 0.05) is 13.8 Å². The van der Waals surface area contributed by atoms with E-state index in [1.54, 1.807) is 0 Å². The first kappa shape index (κ1) is 13.4. The molecule has 0 aromatic heterocycles. The number of esters is 3. The molecule has 0 aromatic rings. The highest BCUT2D eigenvalue weighted by Gasteiger charge is 2.31. The van der Waals surface area contributed by atoms with E-state index in [1.165, 1.54) is 0 Å². The lowest BCUT2D eigenvalue weighted by Crippen LogP contribution is -2.39. The summed E-state index contributed by atoms with van der Waals surface area (Å²) >= 11 is 0. The van der Waals surface area contributed by atoms with Gasteiger partial charge >= 0.3 is 17.9 Å². The molecule has 1 radical (unpaired) electrons. The van der Waals surface area contributed by atoms with Crippen LogP contribution in [0.15, 0.2) is 0 Å². The van der Waals surface area contributed by atoms with Crippen LogP contribution in [0.2, 0.25) is 0 Å². The molecule has 0 aliphatic heterocycles. The third kappa shape index (κ3) is 4.99. The molecule has 0 bridgehead atoms. The number of ether oxygens (including phenoxy) is 3. The molecule has 0 amide bonds. The van der Waals surface area contributed by atoms with Gasteiger partial charge < -0.3 is 14.2 Å². The molecule has 0 aliphatic rings. The lowest BCUT2D eigenvalue weighted by atomic mass is 10.2. The Morgan fingerprint density at radius 2 is 1.53 bits per heavy atom. The minimum absolute atomic E-state index is 0.629. The zero-order chi connectivity index (χ0) is 12.0. The van der Waals surface area contributed by atoms with Crippen molar-refractivity contribution in [2.45, 2.75) is 26.1 Å². The SMILES string of the molecule is [CH2]C(OC(C)=O)C(OC(C)=O)C(=O)OC. The van der Waals surface area contributed by atoms with Gasteiger partial charge in [0.2, 0.25) is 6.10 Å². The van der Waals surface area contributed by atoms with Crippen LogP contribution in [0.4, 0.5) is 0 Å². The van der Waals surface area contributed by atoms with Gasteiger partial charge in [-0.3, -0.25) is 9.59 Å². The first-order chi connectivity index (χ1) is 6.88. The van der Waals surface area contributed by atoms with E-state index in [4.69, 9.17) is 0 Å². The summed E-state index contributed by atoms with van der Waals surface area (Å²) in [7, 11) is 1.12. The van der Waals surface area contributed by atoms with Crippen molar-refractivity contribution in [2.24, 2.45) is 0 Å². The van der Waals surface area contributed by atoms with E-state index >= 15 is 0 Å². The summed E-state index contributed by atoms with van der Waals surface area (Å²) in [5.74, 6) is -2.14. The van der Waals surface area contributed by atoms with Crippen molar-refractivity contribution < 1.29 is 28.6 Å². The number of methoxy groups -OCH3 is 1. The predicted molar refractivity (Wildman–Crippen MR) is 48.5 cm³/mol. The highest BCUT2D eigenvalue weighted by Crippen LogP contribution is 2.06. The van der Waals surface area contributed by atoms with Crippen LogP contribution < -0.4 is 0 Å². The van der Waals surface area contributed by atoms with Gasteiger partial charge in [-0.05, 0) is 6.92 Å². The van der Waals surface area contributed by atoms with Gasteiger partial charge in [0.05, 0.1) is 7.11 Å². The number of rotatable bonds is 4. The summed E-state index contributed by atoms with van der Waals surface area (Å²) in [5.41, 5.74) is 0. The number of carbonyl (C=O) groups is 3. The van der Waals surface area contributed by atoms with Crippen molar-refractivity contribution in [2.75, 3.05) is 7.11 Å². The van der Waals surface area contributed by atoms with Gasteiger partial charge in [-0.15, -0.1) is 0 Å². The third-order valence-electron chi connectivity index (χ3n) is 1.38. The molecule has 15 heavy (non-hydrogen) atoms. The summed E-state index contributed by atoms with van der Waals surface area (Å²) in [6, 6.07) is 0. The minimum atomic E-state index is -1.34. The first-order valence-electron chi connectivity index (χ1n) is 4.13. The van der Waals surface area contributed by atoms with Gasteiger partial charge in [0.25, 0.3) is 0 Å². The molecule has 0 saturated heterocycles. The van der Waals surface area contributed by atoms with Gasteiger partial charge in [-0.2, -0.15) is 0 Å². The van der Waals surface area contributed by atoms with Crippen molar-refractivity contribution in [3.8, 4) is 0 Å². The first-order valence-corrected chi connectivity index (χ1v) is 4.13. The Labute approximate surface area is 87.5 Å². The van der Waals surface area contributed by atoms with Crippen molar-refractivity contribution in [1.82, 2.24) is 0 Å². The van der Waals surface area contributed by atoms with Gasteiger partial charge in [0.1, 0.15) is 6.10 Å². The Kier molecular flexibility index (Phi) is 5.36. The van der Waals surface area contributed by atoms with Crippen molar-refractivity contribution in [1.29, 1.82) is 0 Å². The second-order valence-corrected chi connectivity index (χ2v) is 2.70. The topological polar surface area (TPSA) is 78.9 Å². The molecule has 85 valence electrons. The lowest BCUT2D eigenvalue weighted by molar-refractivity contribution is -0.176. The highest BCUT2D eigenvalue weighted by molar-refractivity contribution is 5.79. The van der Waals surface area contributed by atoms with E-state index in [0.29, 0.717) is 0 Å². The second kappa shape index (κ2) is 6.00. The predicted octanol–water partition coefficient (Wildman–Crippen LogP) is -0.143. The van der Waals surface area contributed by atoms with Crippen LogP contribution >= 0.6 is 0 Å². The van der Waals surface area contributed by atoms with E-state index in [1.807, 2.05) is 0 Å². The van der Waals surface area contributed by atoms with E-state index in [2.05, 4.69) is 21.1 Å². The molecule has 6 heteroatoms. The summed E-state index contributed by atoms with van der Waals surface area (Å²) < 4.78 is 13.6. The zero-order valence-electron chi connectivity index (χ0n) is 8.81. The number of hydrogen-bond acceptors (Lipinski definition) is 6. The van der Waals surface area contributed by atoms with Crippen molar-refractivity contribution in [3.63, 3.8) is 0 Å². The van der Waals surface area contributed by atoms with Crippen molar-refractivity contribution >= 4 is 17.9 Å². The van der Waals surface area contributed by atoms with E-state index in [0.717, 1.165) is 21.0 Å². The van der Waals surface area contributed by atoms with Gasteiger partial charge in [-0.25, -0.2) is 4.79 Å². The third-order valence-corrected chi connectivity index (χ3v) is 1.38. The molecule has 2 atom stereocenters. The van der Waals surface area contributed by atoms with Crippen LogP contribution in [-0.4, -0.2) is 37.2 Å². The Bertz CT molecular complexity index is 259. The monoisotopic (exact) mass is 217 g/mol. The van der Waals surface area contributed by atoms with Crippen LogP contribution in [0, 0.1) is 6.92 Å². The summed E-state index contributed by atoms with van der Waals surface area (Å²) in [5, 5.41) is 0. The van der Waals surface area contributed by atoms with E-state index in [9.17, 15) is 14.4 Å². The summed E-state index contributed by atoms with van der Waals surface area (Å²) in [4.78, 5) is 32.4.